The average molecular weight is 1390 g/mol. The Hall–Kier alpha value is -7.57. The summed E-state index contributed by atoms with van der Waals surface area (Å²) in [6.07, 6.45) is -4.61. The van der Waals surface area contributed by atoms with E-state index in [2.05, 4.69) is 18.9 Å². The van der Waals surface area contributed by atoms with Crippen LogP contribution in [-0.4, -0.2) is 147 Å². The van der Waals surface area contributed by atoms with E-state index in [1.165, 1.54) is 56.7 Å². The van der Waals surface area contributed by atoms with Gasteiger partial charge in [-0.05, 0) is 155 Å². The normalized spacial score (nSPS) is 20.4. The zero-order valence-corrected chi connectivity index (χ0v) is 53.9. The van der Waals surface area contributed by atoms with E-state index in [4.69, 9.17) is 9.47 Å². The molecule has 30 heteroatoms. The van der Waals surface area contributed by atoms with Crippen molar-refractivity contribution in [1.82, 2.24) is 14.1 Å². The highest BCUT2D eigenvalue weighted by molar-refractivity contribution is 8.18. The van der Waals surface area contributed by atoms with Gasteiger partial charge >= 0.3 is 24.7 Å². The Kier molecular flexibility index (Phi) is 25.2. The largest absolute Gasteiger partial charge is 0.573 e. The number of ether oxygens (including phenoxy) is 6. The molecule has 0 N–H and O–H groups in total. The standard InChI is InChI=1S/C30H31F5N2O5.C30H31F3N2O6.C6H14F3NO2S/c1-2-41-26(39)15-14-25(38)36(19-9-10-19)27-21-4-3-5-23(21)37(24-13-8-18(28(31)32)16-22(24)27)29(40)17-6-11-20(12-7-17)42-30(33,34)35;1-2-40-27(38)15-14-26(37)34(20-9-10-20)28-22-4-3-5-24(22)35(25-13-6-18(17-36)16-23(25)28)29(39)19-7-11-21(12-8-19)41-30(31,32)33;1-11-5-3-10(4-6-12-2)13(7,8)9/h6-8,11-13,16,19,21,23,27-28H,2-5,9-10,14-15H2,1H3;6-8,11-13,16-17,20,22,24,28H,2-5,9-10,14-15H2,1H3;3-6H2,1-2H3. The summed E-state index contributed by atoms with van der Waals surface area (Å²) in [6.45, 7) is 3.71. The summed E-state index contributed by atoms with van der Waals surface area (Å²) in [4.78, 5) is 97.6. The molecule has 4 fully saturated rings. The van der Waals surface area contributed by atoms with Gasteiger partial charge in [-0.2, -0.15) is 4.31 Å². The van der Waals surface area contributed by atoms with Gasteiger partial charge in [0, 0.05) is 110 Å². The fourth-order valence-corrected chi connectivity index (χ4v) is 13.8. The number of carbonyl (C=O) groups is 7. The fourth-order valence-electron chi connectivity index (χ4n) is 13.2. The van der Waals surface area contributed by atoms with Gasteiger partial charge in [-0.3, -0.25) is 33.6 Å². The topological polar surface area (TPSA) is 191 Å². The number of nitrogens with zero attached hydrogens (tertiary/aromatic N) is 5. The van der Waals surface area contributed by atoms with E-state index in [0.29, 0.717) is 57.9 Å². The molecule has 4 amide bonds. The molecule has 4 aromatic rings. The minimum Gasteiger partial charge on any atom is -0.466 e. The third-order valence-corrected chi connectivity index (χ3v) is 18.4. The molecular weight excluding hydrogens is 1310 g/mol. The zero-order valence-electron chi connectivity index (χ0n) is 53.1. The second-order valence-electron chi connectivity index (χ2n) is 23.7. The summed E-state index contributed by atoms with van der Waals surface area (Å²) in [6, 6.07) is 16.8. The second-order valence-corrected chi connectivity index (χ2v) is 25.0. The molecular formula is C66H76F11N5O13S. The van der Waals surface area contributed by atoms with Crippen molar-refractivity contribution in [3.05, 3.63) is 118 Å². The molecule has 2 heterocycles. The molecule has 4 aromatic carbocycles. The summed E-state index contributed by atoms with van der Waals surface area (Å²) in [5, 5.41) is 0. The Bertz CT molecular complexity index is 3350. The third kappa shape index (κ3) is 19.0. The van der Waals surface area contributed by atoms with Crippen LogP contribution in [0.5, 0.6) is 11.5 Å². The molecule has 2 aliphatic heterocycles. The lowest BCUT2D eigenvalue weighted by Gasteiger charge is -2.48. The van der Waals surface area contributed by atoms with Crippen LogP contribution >= 0.6 is 11.4 Å². The number of methoxy groups -OCH3 is 2. The highest BCUT2D eigenvalue weighted by Crippen LogP contribution is 2.57. The predicted octanol–water partition coefficient (Wildman–Crippen LogP) is 14.3. The first-order valence-electron chi connectivity index (χ1n) is 31.6. The molecule has 0 radical (unpaired) electrons. The van der Waals surface area contributed by atoms with Crippen LogP contribution in [0.15, 0.2) is 84.9 Å². The highest BCUT2D eigenvalue weighted by Gasteiger charge is 2.54. The molecule has 526 valence electrons. The van der Waals surface area contributed by atoms with E-state index < -0.39 is 65.9 Å². The van der Waals surface area contributed by atoms with Crippen molar-refractivity contribution in [2.75, 3.05) is 63.5 Å². The van der Waals surface area contributed by atoms with Crippen molar-refractivity contribution in [3.8, 4) is 11.5 Å². The second kappa shape index (κ2) is 32.7. The minimum absolute atomic E-state index is 0.000908. The number of rotatable bonds is 25. The van der Waals surface area contributed by atoms with E-state index in [9.17, 15) is 80.3 Å². The van der Waals surface area contributed by atoms with Gasteiger partial charge in [0.1, 0.15) is 17.8 Å². The predicted molar refractivity (Wildman–Crippen MR) is 329 cm³/mol. The molecule has 18 nitrogen and oxygen atoms in total. The number of aldehydes is 1. The molecule has 4 saturated carbocycles. The van der Waals surface area contributed by atoms with E-state index in [-0.39, 0.29) is 142 Å². The molecule has 6 unspecified atom stereocenters. The first-order chi connectivity index (χ1) is 45.6. The Labute approximate surface area is 549 Å². The number of fused-ring (bicyclic) bond motifs is 4. The Morgan fingerprint density at radius 2 is 0.969 bits per heavy atom. The van der Waals surface area contributed by atoms with Crippen molar-refractivity contribution in [2.24, 2.45) is 11.8 Å². The summed E-state index contributed by atoms with van der Waals surface area (Å²) < 4.78 is 168. The Morgan fingerprint density at radius 1 is 0.562 bits per heavy atom. The summed E-state index contributed by atoms with van der Waals surface area (Å²) in [7, 11) is 2.75. The van der Waals surface area contributed by atoms with Crippen LogP contribution in [0, 0.1) is 11.8 Å². The van der Waals surface area contributed by atoms with Crippen molar-refractivity contribution < 1.29 is 109 Å². The van der Waals surface area contributed by atoms with Crippen LogP contribution in [-0.2, 0) is 38.1 Å². The third-order valence-electron chi connectivity index (χ3n) is 17.4. The highest BCUT2D eigenvalue weighted by atomic mass is 32.3. The van der Waals surface area contributed by atoms with Gasteiger partial charge in [-0.15, -0.1) is 38.0 Å². The fraction of sp³-hybridized carbons (Fsp3) is 0.530. The number of halogens is 11. The van der Waals surface area contributed by atoms with Crippen LogP contribution in [0.2, 0.25) is 0 Å². The molecule has 0 saturated heterocycles. The van der Waals surface area contributed by atoms with Crippen LogP contribution in [0.3, 0.4) is 0 Å². The maximum absolute atomic E-state index is 13.9. The number of alkyl halides is 8. The molecule has 0 aromatic heterocycles. The Balaban J connectivity index is 0.000000208. The lowest BCUT2D eigenvalue weighted by Crippen LogP contribution is -2.53. The minimum atomic E-state index is -5.14. The Morgan fingerprint density at radius 3 is 1.32 bits per heavy atom. The number of anilines is 2. The van der Waals surface area contributed by atoms with Crippen LogP contribution in [0.1, 0.15) is 170 Å². The zero-order chi connectivity index (χ0) is 69.8. The van der Waals surface area contributed by atoms with E-state index >= 15 is 0 Å². The maximum atomic E-state index is 13.9. The lowest BCUT2D eigenvalue weighted by molar-refractivity contribution is -0.275. The number of amides is 4. The van der Waals surface area contributed by atoms with Crippen molar-refractivity contribution in [1.29, 1.82) is 0 Å². The van der Waals surface area contributed by atoms with Gasteiger partial charge in [0.15, 0.2) is 0 Å². The van der Waals surface area contributed by atoms with Gasteiger partial charge in [0.2, 0.25) is 11.8 Å². The van der Waals surface area contributed by atoms with Gasteiger partial charge in [-0.1, -0.05) is 18.9 Å². The average Bonchev–Trinajstić information content (AvgIpc) is 1.46. The number of benzene rings is 4. The number of esters is 2. The molecule has 4 aliphatic carbocycles. The number of hydrogen-bond donors (Lipinski definition) is 0. The first-order valence-corrected chi connectivity index (χ1v) is 32.9. The van der Waals surface area contributed by atoms with E-state index in [1.807, 2.05) is 4.90 Å². The van der Waals surface area contributed by atoms with Crippen LogP contribution in [0.4, 0.5) is 58.2 Å². The summed E-state index contributed by atoms with van der Waals surface area (Å²) >= 11 is -5.14. The van der Waals surface area contributed by atoms with Gasteiger partial charge in [0.25, 0.3) is 29.6 Å². The lowest BCUT2D eigenvalue weighted by atomic mass is 9.80. The molecule has 0 spiro atoms. The van der Waals surface area contributed by atoms with Crippen LogP contribution < -0.4 is 19.3 Å². The molecule has 10 rings (SSSR count). The maximum Gasteiger partial charge on any atom is 0.573 e. The van der Waals surface area contributed by atoms with E-state index in [0.717, 1.165) is 69.2 Å². The summed E-state index contributed by atoms with van der Waals surface area (Å²) in [5.74, 6) is -3.51. The van der Waals surface area contributed by atoms with Crippen molar-refractivity contribution in [2.45, 2.75) is 159 Å². The first kappa shape index (κ1) is 74.2. The quantitative estimate of drug-likeness (QED) is 0.0346. The number of carbonyl (C=O) groups excluding carboxylic acids is 7. The summed E-state index contributed by atoms with van der Waals surface area (Å²) in [5.41, 5.74) is 2.52. The van der Waals surface area contributed by atoms with E-state index in [1.54, 1.807) is 46.7 Å². The molecule has 96 heavy (non-hydrogen) atoms. The van der Waals surface area contributed by atoms with Crippen LogP contribution in [0.25, 0.3) is 0 Å². The molecule has 0 bridgehead atoms. The van der Waals surface area contributed by atoms with Gasteiger partial charge in [-0.25, -0.2) is 8.78 Å². The molecule has 6 atom stereocenters. The smallest absolute Gasteiger partial charge is 0.466 e. The molecule has 6 aliphatic rings. The van der Waals surface area contributed by atoms with Gasteiger partial charge < -0.3 is 48.0 Å². The monoisotopic (exact) mass is 1390 g/mol. The van der Waals surface area contributed by atoms with Gasteiger partial charge in [0.05, 0.1) is 51.4 Å². The SMILES string of the molecule is CCOC(=O)CCC(=O)N(C1CC1)C1c2cc(C(F)F)ccc2N(C(=O)c2ccc(OC(F)(F)F)cc2)C2CCCC21.CCOC(=O)CCC(=O)N(C1CC1)C1c2cc(C=O)ccc2N(C(=O)c2ccc(OC(F)(F)F)cc2)C2CCCC21.COCCN(CCOC)S(F)(F)F. The van der Waals surface area contributed by atoms with Crippen molar-refractivity contribution >= 4 is 64.6 Å². The number of hydrogen-bond acceptors (Lipinski definition) is 14. The van der Waals surface area contributed by atoms with Crippen molar-refractivity contribution in [3.63, 3.8) is 0 Å².